The lowest BCUT2D eigenvalue weighted by Crippen LogP contribution is -2.52. The average Bonchev–Trinajstić information content (AvgIpc) is 2.83. The number of carbonyl (C=O) groups is 1. The monoisotopic (exact) mass is 475 g/mol. The molecular weight excluding hydrogens is 442 g/mol. The Hall–Kier alpha value is -2.78. The molecule has 9 heteroatoms. The number of ether oxygens (including phenoxy) is 2. The number of piperazine rings is 1. The van der Waals surface area contributed by atoms with Crippen molar-refractivity contribution in [3.05, 3.63) is 48.0 Å². The van der Waals surface area contributed by atoms with Gasteiger partial charge in [-0.1, -0.05) is 26.0 Å². The second kappa shape index (κ2) is 10.4. The van der Waals surface area contributed by atoms with Crippen molar-refractivity contribution in [3.8, 4) is 11.5 Å². The number of carbonyl (C=O) groups excluding carboxylic acids is 1. The van der Waals surface area contributed by atoms with Crippen LogP contribution in [0.5, 0.6) is 11.5 Å². The van der Waals surface area contributed by atoms with Crippen LogP contribution in [-0.4, -0.2) is 77.5 Å². The van der Waals surface area contributed by atoms with Gasteiger partial charge in [-0.25, -0.2) is 8.42 Å². The fourth-order valence-corrected chi connectivity index (χ4v) is 5.41. The molecular formula is C24H33N3O5S. The van der Waals surface area contributed by atoms with E-state index >= 15 is 0 Å². The van der Waals surface area contributed by atoms with Crippen molar-refractivity contribution < 1.29 is 22.7 Å². The molecule has 180 valence electrons. The molecule has 0 spiro atoms. The fraction of sp³-hybridized carbons (Fsp3) is 0.458. The molecule has 1 heterocycles. The molecule has 33 heavy (non-hydrogen) atoms. The van der Waals surface area contributed by atoms with Gasteiger partial charge in [0.1, 0.15) is 16.4 Å². The second-order valence-electron chi connectivity index (χ2n) is 8.41. The first-order valence-corrected chi connectivity index (χ1v) is 12.4. The van der Waals surface area contributed by atoms with E-state index in [4.69, 9.17) is 9.47 Å². The van der Waals surface area contributed by atoms with Crippen molar-refractivity contribution in [2.75, 3.05) is 58.9 Å². The minimum absolute atomic E-state index is 0.0246. The van der Waals surface area contributed by atoms with Gasteiger partial charge < -0.3 is 19.3 Å². The number of likely N-dealkylation sites (N-methyl/N-ethyl adjacent to an activating group) is 1. The van der Waals surface area contributed by atoms with Gasteiger partial charge >= 0.3 is 0 Å². The molecule has 3 rings (SSSR count). The third kappa shape index (κ3) is 5.59. The van der Waals surface area contributed by atoms with E-state index < -0.39 is 10.0 Å². The zero-order chi connectivity index (χ0) is 24.2. The number of amides is 1. The molecule has 1 fully saturated rings. The maximum absolute atomic E-state index is 13.2. The highest BCUT2D eigenvalue weighted by Crippen LogP contribution is 2.31. The van der Waals surface area contributed by atoms with Gasteiger partial charge in [-0.15, -0.1) is 0 Å². The summed E-state index contributed by atoms with van der Waals surface area (Å²) >= 11 is 0. The van der Waals surface area contributed by atoms with Crippen molar-refractivity contribution in [3.63, 3.8) is 0 Å². The summed E-state index contributed by atoms with van der Waals surface area (Å²) < 4.78 is 38.3. The number of nitrogens with zero attached hydrogens (tertiary/aromatic N) is 3. The van der Waals surface area contributed by atoms with Crippen LogP contribution in [0.15, 0.2) is 47.4 Å². The molecule has 1 aliphatic rings. The van der Waals surface area contributed by atoms with Crippen LogP contribution in [-0.2, 0) is 14.8 Å². The van der Waals surface area contributed by atoms with Crippen LogP contribution in [0.4, 0.5) is 5.69 Å². The Balaban J connectivity index is 1.64. The summed E-state index contributed by atoms with van der Waals surface area (Å²) in [5.41, 5.74) is 2.21. The molecule has 2 aromatic carbocycles. The first kappa shape index (κ1) is 24.9. The molecule has 1 amide bonds. The highest BCUT2D eigenvalue weighted by Gasteiger charge is 2.32. The maximum atomic E-state index is 13.2. The third-order valence-electron chi connectivity index (χ3n) is 5.93. The largest absolute Gasteiger partial charge is 0.497 e. The van der Waals surface area contributed by atoms with E-state index in [9.17, 15) is 13.2 Å². The molecule has 1 aliphatic heterocycles. The van der Waals surface area contributed by atoms with Crippen LogP contribution in [0.25, 0.3) is 0 Å². The summed E-state index contributed by atoms with van der Waals surface area (Å²) in [7, 11) is 1.03. The predicted octanol–water partition coefficient (Wildman–Crippen LogP) is 2.80. The average molecular weight is 476 g/mol. The Kier molecular flexibility index (Phi) is 7.86. The molecule has 0 N–H and O–H groups in total. The third-order valence-corrected chi connectivity index (χ3v) is 7.85. The smallest absolute Gasteiger partial charge is 0.247 e. The molecule has 0 saturated carbocycles. The highest BCUT2D eigenvalue weighted by atomic mass is 32.2. The summed E-state index contributed by atoms with van der Waals surface area (Å²) in [5, 5.41) is 0. The van der Waals surface area contributed by atoms with Crippen LogP contribution in [0.3, 0.4) is 0 Å². The van der Waals surface area contributed by atoms with Crippen molar-refractivity contribution in [1.29, 1.82) is 0 Å². The van der Waals surface area contributed by atoms with E-state index in [1.165, 1.54) is 30.2 Å². The van der Waals surface area contributed by atoms with E-state index in [-0.39, 0.29) is 36.2 Å². The van der Waals surface area contributed by atoms with Gasteiger partial charge in [0.05, 0.1) is 20.8 Å². The SMILES string of the molecule is COc1ccc(OC)c(S(=O)(=O)N2CCN(C(=O)CN(C)c3cccc(C(C)C)c3)CC2)c1. The fourth-order valence-electron chi connectivity index (χ4n) is 3.82. The Morgan fingerprint density at radius 3 is 2.33 bits per heavy atom. The summed E-state index contributed by atoms with van der Waals surface area (Å²) in [6.45, 7) is 5.63. The van der Waals surface area contributed by atoms with Crippen LogP contribution in [0.1, 0.15) is 25.3 Å². The lowest BCUT2D eigenvalue weighted by atomic mass is 10.0. The quantitative estimate of drug-likeness (QED) is 0.584. The van der Waals surface area contributed by atoms with Gasteiger partial charge in [0.25, 0.3) is 0 Å². The van der Waals surface area contributed by atoms with Crippen molar-refractivity contribution in [1.82, 2.24) is 9.21 Å². The molecule has 8 nitrogen and oxygen atoms in total. The zero-order valence-corrected chi connectivity index (χ0v) is 20.8. The summed E-state index contributed by atoms with van der Waals surface area (Å²) in [6.07, 6.45) is 0. The van der Waals surface area contributed by atoms with Gasteiger partial charge in [-0.3, -0.25) is 4.79 Å². The first-order valence-electron chi connectivity index (χ1n) is 11.0. The van der Waals surface area contributed by atoms with E-state index in [0.29, 0.717) is 24.8 Å². The Bertz CT molecular complexity index is 1080. The molecule has 1 saturated heterocycles. The van der Waals surface area contributed by atoms with E-state index in [1.807, 2.05) is 24.1 Å². The van der Waals surface area contributed by atoms with Gasteiger partial charge in [-0.2, -0.15) is 4.31 Å². The second-order valence-corrected chi connectivity index (χ2v) is 10.3. The van der Waals surface area contributed by atoms with Gasteiger partial charge in [0, 0.05) is 45.0 Å². The van der Waals surface area contributed by atoms with Crippen LogP contribution < -0.4 is 14.4 Å². The van der Waals surface area contributed by atoms with Crippen LogP contribution in [0.2, 0.25) is 0 Å². The van der Waals surface area contributed by atoms with E-state index in [2.05, 4.69) is 26.0 Å². The Labute approximate surface area is 196 Å². The standard InChI is InChI=1S/C24H33N3O5S/c1-18(2)19-7-6-8-20(15-19)25(3)17-24(28)26-11-13-27(14-12-26)33(29,30)23-16-21(31-4)9-10-22(23)32-5/h6-10,15-16,18H,11-14,17H2,1-5H3. The number of benzene rings is 2. The molecule has 0 radical (unpaired) electrons. The van der Waals surface area contributed by atoms with Crippen molar-refractivity contribution >= 4 is 21.6 Å². The minimum Gasteiger partial charge on any atom is -0.497 e. The van der Waals surface area contributed by atoms with Crippen LogP contribution >= 0.6 is 0 Å². The van der Waals surface area contributed by atoms with Crippen molar-refractivity contribution in [2.45, 2.75) is 24.7 Å². The first-order chi connectivity index (χ1) is 15.7. The number of sulfonamides is 1. The summed E-state index contributed by atoms with van der Waals surface area (Å²) in [5.74, 6) is 1.09. The number of methoxy groups -OCH3 is 2. The highest BCUT2D eigenvalue weighted by molar-refractivity contribution is 7.89. The van der Waals surface area contributed by atoms with Gasteiger partial charge in [0.2, 0.25) is 15.9 Å². The molecule has 0 atom stereocenters. The molecule has 0 bridgehead atoms. The summed E-state index contributed by atoms with van der Waals surface area (Å²) in [4.78, 5) is 16.6. The lowest BCUT2D eigenvalue weighted by molar-refractivity contribution is -0.130. The number of anilines is 1. The Morgan fingerprint density at radius 1 is 1.03 bits per heavy atom. The molecule has 2 aromatic rings. The normalized spacial score (nSPS) is 14.9. The van der Waals surface area contributed by atoms with E-state index in [1.54, 1.807) is 17.0 Å². The topological polar surface area (TPSA) is 79.4 Å². The molecule has 0 aliphatic carbocycles. The zero-order valence-electron chi connectivity index (χ0n) is 19.9. The molecule has 0 aromatic heterocycles. The lowest BCUT2D eigenvalue weighted by Gasteiger charge is -2.35. The molecule has 0 unspecified atom stereocenters. The summed E-state index contributed by atoms with van der Waals surface area (Å²) in [6, 6.07) is 12.9. The van der Waals surface area contributed by atoms with Crippen molar-refractivity contribution in [2.24, 2.45) is 0 Å². The van der Waals surface area contributed by atoms with Gasteiger partial charge in [0.15, 0.2) is 0 Å². The number of hydrogen-bond acceptors (Lipinski definition) is 6. The maximum Gasteiger partial charge on any atom is 0.247 e. The van der Waals surface area contributed by atoms with Crippen LogP contribution in [0, 0.1) is 0 Å². The number of rotatable bonds is 8. The Morgan fingerprint density at radius 2 is 1.73 bits per heavy atom. The van der Waals surface area contributed by atoms with E-state index in [0.717, 1.165) is 5.69 Å². The van der Waals surface area contributed by atoms with Gasteiger partial charge in [-0.05, 0) is 35.7 Å². The number of hydrogen-bond donors (Lipinski definition) is 0. The minimum atomic E-state index is -3.79. The predicted molar refractivity (Wildman–Crippen MR) is 129 cm³/mol.